The van der Waals surface area contributed by atoms with Gasteiger partial charge >= 0.3 is 0 Å². The van der Waals surface area contributed by atoms with E-state index in [-0.39, 0.29) is 12.5 Å². The van der Waals surface area contributed by atoms with E-state index in [4.69, 9.17) is 12.2 Å². The van der Waals surface area contributed by atoms with Gasteiger partial charge in [0.25, 0.3) is 0 Å². The van der Waals surface area contributed by atoms with Crippen LogP contribution >= 0.6 is 28.1 Å². The summed E-state index contributed by atoms with van der Waals surface area (Å²) < 4.78 is 0.839. The third-order valence-corrected chi connectivity index (χ3v) is 3.09. The van der Waals surface area contributed by atoms with Crippen molar-refractivity contribution in [2.24, 2.45) is 0 Å². The molecule has 0 aliphatic heterocycles. The number of halogens is 1. The van der Waals surface area contributed by atoms with E-state index in [9.17, 15) is 4.79 Å². The van der Waals surface area contributed by atoms with Crippen LogP contribution in [-0.2, 0) is 4.79 Å². The maximum Gasteiger partial charge on any atom is 0.243 e. The molecule has 1 aromatic carbocycles. The maximum absolute atomic E-state index is 11.7. The zero-order valence-electron chi connectivity index (χ0n) is 10.6. The van der Waals surface area contributed by atoms with E-state index in [1.54, 1.807) is 0 Å². The minimum Gasteiger partial charge on any atom is -0.359 e. The van der Waals surface area contributed by atoms with E-state index in [2.05, 4.69) is 38.5 Å². The minimum absolute atomic E-state index is 0.114. The highest BCUT2D eigenvalue weighted by Gasteiger charge is 2.05. The summed E-state index contributed by atoms with van der Waals surface area (Å²) in [6.07, 6.45) is 0. The Morgan fingerprint density at radius 1 is 1.32 bits per heavy atom. The largest absolute Gasteiger partial charge is 0.359 e. The highest BCUT2D eigenvalue weighted by Crippen LogP contribution is 2.20. The average Bonchev–Trinajstić information content (AvgIpc) is 2.36. The first-order chi connectivity index (χ1) is 8.99. The summed E-state index contributed by atoms with van der Waals surface area (Å²) in [5.74, 6) is -0.161. The molecule has 6 heteroatoms. The van der Waals surface area contributed by atoms with Crippen molar-refractivity contribution in [3.8, 4) is 0 Å². The summed E-state index contributed by atoms with van der Waals surface area (Å²) in [6, 6.07) is 7.42. The molecule has 102 valence electrons. The molecular weight excluding hydrogens is 326 g/mol. The quantitative estimate of drug-likeness (QED) is 0.568. The second-order valence-electron chi connectivity index (χ2n) is 4.02. The Kier molecular flexibility index (Phi) is 6.52. The van der Waals surface area contributed by atoms with Crippen LogP contribution in [0.25, 0.3) is 0 Å². The number of rotatable bonds is 5. The van der Waals surface area contributed by atoms with Gasteiger partial charge in [-0.2, -0.15) is 0 Å². The van der Waals surface area contributed by atoms with Crippen molar-refractivity contribution in [1.82, 2.24) is 10.6 Å². The summed E-state index contributed by atoms with van der Waals surface area (Å²) in [5, 5.41) is 8.99. The molecule has 0 radical (unpaired) electrons. The van der Waals surface area contributed by atoms with Crippen LogP contribution in [0, 0.1) is 0 Å². The van der Waals surface area contributed by atoms with Crippen molar-refractivity contribution in [2.75, 3.05) is 18.4 Å². The Morgan fingerprint density at radius 3 is 2.58 bits per heavy atom. The number of para-hydroxylation sites is 1. The van der Waals surface area contributed by atoms with Crippen molar-refractivity contribution in [1.29, 1.82) is 0 Å². The van der Waals surface area contributed by atoms with Gasteiger partial charge in [-0.25, -0.2) is 0 Å². The first-order valence-electron chi connectivity index (χ1n) is 5.69. The molecule has 0 spiro atoms. The lowest BCUT2D eigenvalue weighted by Crippen LogP contribution is -2.40. The Morgan fingerprint density at radius 2 is 1.95 bits per heavy atom. The number of amides is 1. The molecule has 0 unspecified atom stereocenters. The van der Waals surface area contributed by atoms with E-state index in [0.29, 0.717) is 11.7 Å². The van der Waals surface area contributed by atoms with E-state index in [1.165, 1.54) is 0 Å². The van der Waals surface area contributed by atoms with Gasteiger partial charge in [0, 0.05) is 11.0 Å². The Bertz CT molecular complexity index is 491. The van der Waals surface area contributed by atoms with Crippen LogP contribution in [0.2, 0.25) is 0 Å². The molecule has 19 heavy (non-hydrogen) atoms. The zero-order valence-corrected chi connectivity index (χ0v) is 13.0. The predicted octanol–water partition coefficient (Wildman–Crippen LogP) is 2.43. The van der Waals surface area contributed by atoms with Crippen molar-refractivity contribution in [2.45, 2.75) is 6.92 Å². The average molecular weight is 342 g/mol. The fourth-order valence-electron chi connectivity index (χ4n) is 1.21. The molecule has 4 nitrogen and oxygen atoms in total. The van der Waals surface area contributed by atoms with E-state index >= 15 is 0 Å². The fraction of sp³-hybridized carbons (Fsp3) is 0.231. The second kappa shape index (κ2) is 7.91. The van der Waals surface area contributed by atoms with E-state index in [0.717, 1.165) is 15.7 Å². The first kappa shape index (κ1) is 15.7. The van der Waals surface area contributed by atoms with Gasteiger partial charge in [-0.15, -0.1) is 0 Å². The van der Waals surface area contributed by atoms with Crippen LogP contribution in [0.1, 0.15) is 6.92 Å². The van der Waals surface area contributed by atoms with Gasteiger partial charge in [0.2, 0.25) is 5.91 Å². The summed E-state index contributed by atoms with van der Waals surface area (Å²) in [4.78, 5) is 11.7. The van der Waals surface area contributed by atoms with Gasteiger partial charge in [0.15, 0.2) is 5.11 Å². The number of thiocarbonyl (C=S) groups is 1. The summed E-state index contributed by atoms with van der Waals surface area (Å²) in [5.41, 5.74) is 1.71. The Balaban J connectivity index is 2.34. The molecule has 0 saturated heterocycles. The van der Waals surface area contributed by atoms with Crippen LogP contribution in [0.15, 0.2) is 40.9 Å². The maximum atomic E-state index is 11.7. The highest BCUT2D eigenvalue weighted by atomic mass is 79.9. The molecule has 3 N–H and O–H groups in total. The molecule has 0 aliphatic carbocycles. The molecule has 0 aromatic heterocycles. The van der Waals surface area contributed by atoms with Crippen molar-refractivity contribution in [3.05, 3.63) is 40.9 Å². The van der Waals surface area contributed by atoms with Crippen LogP contribution in [0.3, 0.4) is 0 Å². The van der Waals surface area contributed by atoms with Crippen molar-refractivity contribution in [3.63, 3.8) is 0 Å². The molecule has 1 rings (SSSR count). The number of benzene rings is 1. The molecule has 0 atom stereocenters. The van der Waals surface area contributed by atoms with Gasteiger partial charge in [-0.3, -0.25) is 4.79 Å². The molecule has 0 fully saturated rings. The van der Waals surface area contributed by atoms with Crippen molar-refractivity contribution >= 4 is 44.9 Å². The number of hydrogen-bond acceptors (Lipinski definition) is 2. The zero-order chi connectivity index (χ0) is 14.3. The SMILES string of the molecule is C=C(C)CNC(=S)NCC(=O)Nc1ccccc1Br. The molecule has 0 saturated carbocycles. The second-order valence-corrected chi connectivity index (χ2v) is 5.28. The topological polar surface area (TPSA) is 53.2 Å². The third kappa shape index (κ3) is 6.35. The summed E-state index contributed by atoms with van der Waals surface area (Å²) in [6.45, 7) is 6.36. The lowest BCUT2D eigenvalue weighted by atomic mass is 10.3. The summed E-state index contributed by atoms with van der Waals surface area (Å²) in [7, 11) is 0. The number of hydrogen-bond donors (Lipinski definition) is 3. The van der Waals surface area contributed by atoms with Crippen LogP contribution < -0.4 is 16.0 Å². The molecule has 1 aromatic rings. The highest BCUT2D eigenvalue weighted by molar-refractivity contribution is 9.10. The van der Waals surface area contributed by atoms with Crippen LogP contribution in [-0.4, -0.2) is 24.1 Å². The van der Waals surface area contributed by atoms with Gasteiger partial charge in [-0.05, 0) is 47.2 Å². The molecule has 0 aliphatic rings. The minimum atomic E-state index is -0.161. The fourth-order valence-corrected chi connectivity index (χ4v) is 1.74. The van der Waals surface area contributed by atoms with Gasteiger partial charge in [-0.1, -0.05) is 24.3 Å². The molecule has 1 amide bonds. The predicted molar refractivity (Wildman–Crippen MR) is 86.2 cm³/mol. The van der Waals surface area contributed by atoms with Crippen LogP contribution in [0.4, 0.5) is 5.69 Å². The van der Waals surface area contributed by atoms with Crippen LogP contribution in [0.5, 0.6) is 0 Å². The molecular formula is C13H16BrN3OS. The third-order valence-electron chi connectivity index (χ3n) is 2.11. The standard InChI is InChI=1S/C13H16BrN3OS/c1-9(2)7-15-13(19)16-8-12(18)17-11-6-4-3-5-10(11)14/h3-6H,1,7-8H2,2H3,(H,17,18)(H2,15,16,19). The van der Waals surface area contributed by atoms with E-state index < -0.39 is 0 Å². The first-order valence-corrected chi connectivity index (χ1v) is 6.89. The number of carbonyl (C=O) groups is 1. The van der Waals surface area contributed by atoms with Crippen molar-refractivity contribution < 1.29 is 4.79 Å². The van der Waals surface area contributed by atoms with Gasteiger partial charge < -0.3 is 16.0 Å². The molecule has 0 bridgehead atoms. The Hall–Kier alpha value is -1.40. The van der Waals surface area contributed by atoms with Gasteiger partial charge in [0.05, 0.1) is 12.2 Å². The monoisotopic (exact) mass is 341 g/mol. The lowest BCUT2D eigenvalue weighted by Gasteiger charge is -2.11. The number of nitrogens with one attached hydrogen (secondary N) is 3. The summed E-state index contributed by atoms with van der Waals surface area (Å²) >= 11 is 8.39. The number of anilines is 1. The lowest BCUT2D eigenvalue weighted by molar-refractivity contribution is -0.115. The van der Waals surface area contributed by atoms with Gasteiger partial charge in [0.1, 0.15) is 0 Å². The smallest absolute Gasteiger partial charge is 0.243 e. The molecule has 0 heterocycles. The normalized spacial score (nSPS) is 9.58. The number of carbonyl (C=O) groups excluding carboxylic acids is 1. The van der Waals surface area contributed by atoms with E-state index in [1.807, 2.05) is 31.2 Å². The Labute approximate surface area is 126 Å².